The Morgan fingerprint density at radius 1 is 1.32 bits per heavy atom. The molecule has 3 aliphatic heterocycles. The molecule has 1 aromatic carbocycles. The van der Waals surface area contributed by atoms with E-state index in [9.17, 15) is 4.79 Å². The van der Waals surface area contributed by atoms with Crippen molar-refractivity contribution in [2.24, 2.45) is 5.92 Å². The van der Waals surface area contributed by atoms with Gasteiger partial charge in [0.15, 0.2) is 0 Å². The molecule has 2 bridgehead atoms. The van der Waals surface area contributed by atoms with Gasteiger partial charge in [0.25, 0.3) is 12.4 Å². The molecular weight excluding hydrogens is 396 g/mol. The minimum atomic E-state index is -0.250. The number of hydrogen-bond donors (Lipinski definition) is 2. The third kappa shape index (κ3) is 3.78. The second-order valence-corrected chi connectivity index (χ2v) is 8.60. The summed E-state index contributed by atoms with van der Waals surface area (Å²) < 4.78 is 5.48. The fraction of sp³-hybridized carbons (Fsp3) is 0.368. The van der Waals surface area contributed by atoms with Gasteiger partial charge >= 0.3 is 0 Å². The molecule has 3 saturated heterocycles. The number of piperidine rings is 3. The Morgan fingerprint density at radius 3 is 2.75 bits per heavy atom. The molecule has 1 atom stereocenters. The average Bonchev–Trinajstić information content (AvgIpc) is 3.39. The topological polar surface area (TPSA) is 95.4 Å². The van der Waals surface area contributed by atoms with Gasteiger partial charge in [-0.2, -0.15) is 4.37 Å². The minimum Gasteiger partial charge on any atom is -0.483 e. The summed E-state index contributed by atoms with van der Waals surface area (Å²) in [5, 5.41) is 14.0. The molecule has 2 N–H and O–H groups in total. The lowest BCUT2D eigenvalue weighted by atomic mass is 9.84. The number of carboxylic acid groups (broad SMARTS) is 1. The van der Waals surface area contributed by atoms with Gasteiger partial charge in [0.1, 0.15) is 10.7 Å². The maximum atomic E-state index is 12.8. The number of thiazole rings is 1. The van der Waals surface area contributed by atoms with E-state index in [0.29, 0.717) is 11.6 Å². The van der Waals surface area contributed by atoms with E-state index in [0.717, 1.165) is 27.2 Å². The molecule has 3 aromatic rings. The number of rotatable bonds is 3. The van der Waals surface area contributed by atoms with Gasteiger partial charge < -0.3 is 15.3 Å². The van der Waals surface area contributed by atoms with Crippen LogP contribution in [0.4, 0.5) is 0 Å². The lowest BCUT2D eigenvalue weighted by molar-refractivity contribution is -0.122. The number of carbonyl (C=O) groups is 2. The largest absolute Gasteiger partial charge is 0.483 e. The maximum absolute atomic E-state index is 12.8. The van der Waals surface area contributed by atoms with Gasteiger partial charge in [-0.05, 0) is 49.4 Å². The first-order chi connectivity index (χ1) is 13.7. The van der Waals surface area contributed by atoms with Crippen LogP contribution >= 0.6 is 22.9 Å². The molecule has 7 nitrogen and oxygen atoms in total. The zero-order chi connectivity index (χ0) is 19.5. The van der Waals surface area contributed by atoms with Crippen LogP contribution in [0.5, 0.6) is 0 Å². The van der Waals surface area contributed by atoms with Crippen LogP contribution in [0.2, 0.25) is 0 Å². The van der Waals surface area contributed by atoms with Crippen molar-refractivity contribution in [3.63, 3.8) is 0 Å². The van der Waals surface area contributed by atoms with Gasteiger partial charge in [-0.25, -0.2) is 4.98 Å². The van der Waals surface area contributed by atoms with Crippen molar-refractivity contribution in [1.29, 1.82) is 0 Å². The molecule has 0 aliphatic carbocycles. The van der Waals surface area contributed by atoms with Gasteiger partial charge in [-0.15, -0.1) is 11.3 Å². The quantitative estimate of drug-likeness (QED) is 0.638. The molecule has 3 fully saturated rings. The van der Waals surface area contributed by atoms with E-state index in [1.54, 1.807) is 11.3 Å². The van der Waals surface area contributed by atoms with Crippen molar-refractivity contribution in [2.75, 3.05) is 19.6 Å². The first-order valence-corrected chi connectivity index (χ1v) is 10.7. The van der Waals surface area contributed by atoms with E-state index in [2.05, 4.69) is 25.6 Å². The van der Waals surface area contributed by atoms with Gasteiger partial charge in [0.2, 0.25) is 0 Å². The Kier molecular flexibility index (Phi) is 5.65. The van der Waals surface area contributed by atoms with E-state index in [4.69, 9.17) is 9.90 Å². The third-order valence-electron chi connectivity index (χ3n) is 5.34. The van der Waals surface area contributed by atoms with Gasteiger partial charge in [-0.1, -0.05) is 12.1 Å². The van der Waals surface area contributed by atoms with Crippen LogP contribution in [0, 0.1) is 5.92 Å². The zero-order valence-electron chi connectivity index (χ0n) is 15.1. The summed E-state index contributed by atoms with van der Waals surface area (Å²) in [6.07, 6.45) is 4.20. The summed E-state index contributed by atoms with van der Waals surface area (Å²) in [5.41, 5.74) is 1.64. The molecule has 1 amide bonds. The highest BCUT2D eigenvalue weighted by Gasteiger charge is 2.35. The molecule has 5 heterocycles. The smallest absolute Gasteiger partial charge is 0.290 e. The number of benzene rings is 1. The highest BCUT2D eigenvalue weighted by molar-refractivity contribution is 7.14. The molecule has 0 unspecified atom stereocenters. The Hall–Kier alpha value is -2.36. The SMILES string of the molecule is O=C(N[C@H]1CN2CCC1CC2)c1nsc2cc(-c3nccs3)ccc12.O=CO. The van der Waals surface area contributed by atoms with Crippen LogP contribution in [-0.2, 0) is 4.79 Å². The number of nitrogens with zero attached hydrogens (tertiary/aromatic N) is 3. The summed E-state index contributed by atoms with van der Waals surface area (Å²) in [5.74, 6) is 0.586. The first-order valence-electron chi connectivity index (χ1n) is 9.10. The van der Waals surface area contributed by atoms with Crippen molar-refractivity contribution in [2.45, 2.75) is 18.9 Å². The van der Waals surface area contributed by atoms with E-state index < -0.39 is 0 Å². The molecule has 3 aliphatic rings. The Balaban J connectivity index is 0.000000604. The lowest BCUT2D eigenvalue weighted by Crippen LogP contribution is -2.57. The zero-order valence-corrected chi connectivity index (χ0v) is 16.7. The standard InChI is InChI=1S/C18H18N4OS2.CH2O2/c23-17(20-14-10-22-6-3-11(14)4-7-22)16-13-2-1-12(9-15(13)25-21-16)18-19-5-8-24-18;2-1-3/h1-2,5,8-9,11,14H,3-4,6-7,10H2,(H,20,23);1H,(H,2,3)/t14-;/m0./s1. The predicted octanol–water partition coefficient (Wildman–Crippen LogP) is 2.94. The van der Waals surface area contributed by atoms with E-state index in [1.165, 1.54) is 37.5 Å². The fourth-order valence-electron chi connectivity index (χ4n) is 3.97. The van der Waals surface area contributed by atoms with Crippen LogP contribution in [0.15, 0.2) is 29.8 Å². The van der Waals surface area contributed by atoms with Crippen LogP contribution in [-0.4, -0.2) is 57.4 Å². The molecule has 0 radical (unpaired) electrons. The Morgan fingerprint density at radius 2 is 2.11 bits per heavy atom. The molecule has 6 rings (SSSR count). The van der Waals surface area contributed by atoms with Crippen molar-refractivity contribution in [3.05, 3.63) is 35.5 Å². The fourth-order valence-corrected chi connectivity index (χ4v) is 5.41. The van der Waals surface area contributed by atoms with Crippen LogP contribution in [0.25, 0.3) is 20.7 Å². The normalized spacial score (nSPS) is 23.1. The molecule has 9 heteroatoms. The maximum Gasteiger partial charge on any atom is 0.290 e. The van der Waals surface area contributed by atoms with Crippen molar-refractivity contribution < 1.29 is 14.7 Å². The highest BCUT2D eigenvalue weighted by atomic mass is 32.1. The van der Waals surface area contributed by atoms with Crippen molar-refractivity contribution in [3.8, 4) is 10.6 Å². The number of carbonyl (C=O) groups excluding carboxylic acids is 1. The third-order valence-corrected chi connectivity index (χ3v) is 6.97. The van der Waals surface area contributed by atoms with Crippen LogP contribution in [0.3, 0.4) is 0 Å². The molecule has 28 heavy (non-hydrogen) atoms. The lowest BCUT2D eigenvalue weighted by Gasteiger charge is -2.44. The summed E-state index contributed by atoms with van der Waals surface area (Å²) >= 11 is 3.00. The van der Waals surface area contributed by atoms with E-state index >= 15 is 0 Å². The van der Waals surface area contributed by atoms with E-state index in [1.807, 2.05) is 23.7 Å². The number of nitrogens with one attached hydrogen (secondary N) is 1. The number of fused-ring (bicyclic) bond motifs is 4. The Bertz CT molecular complexity index is 965. The van der Waals surface area contributed by atoms with Crippen molar-refractivity contribution >= 4 is 45.3 Å². The van der Waals surface area contributed by atoms with Gasteiger partial charge in [0.05, 0.1) is 4.70 Å². The molecule has 0 spiro atoms. The summed E-state index contributed by atoms with van der Waals surface area (Å²) in [6, 6.07) is 6.37. The number of hydrogen-bond acceptors (Lipinski definition) is 7. The van der Waals surface area contributed by atoms with E-state index in [-0.39, 0.29) is 18.4 Å². The van der Waals surface area contributed by atoms with Crippen molar-refractivity contribution in [1.82, 2.24) is 19.6 Å². The second kappa shape index (κ2) is 8.34. The average molecular weight is 417 g/mol. The Labute approximate surface area is 170 Å². The monoisotopic (exact) mass is 416 g/mol. The van der Waals surface area contributed by atoms with Crippen LogP contribution in [0.1, 0.15) is 23.3 Å². The van der Waals surface area contributed by atoms with Crippen LogP contribution < -0.4 is 5.32 Å². The highest BCUT2D eigenvalue weighted by Crippen LogP contribution is 2.31. The first kappa shape index (κ1) is 19.0. The number of aromatic nitrogens is 2. The molecule has 146 valence electrons. The molecule has 0 saturated carbocycles. The summed E-state index contributed by atoms with van der Waals surface area (Å²) in [7, 11) is 0. The van der Waals surface area contributed by atoms with Gasteiger partial charge in [0, 0.05) is 35.1 Å². The summed E-state index contributed by atoms with van der Waals surface area (Å²) in [6.45, 7) is 3.08. The minimum absolute atomic E-state index is 0.0352. The molecule has 2 aromatic heterocycles. The van der Waals surface area contributed by atoms with Gasteiger partial charge in [-0.3, -0.25) is 9.59 Å². The predicted molar refractivity (Wildman–Crippen MR) is 110 cm³/mol. The second-order valence-electron chi connectivity index (χ2n) is 6.90. The summed E-state index contributed by atoms with van der Waals surface area (Å²) in [4.78, 5) is 27.9. The number of amides is 1. The molecular formula is C19H20N4O3S2.